The standard InChI is InChI=1S/C11H14AsNO/c12-11-3-1-2-10(13-11)8-14-7-6-9-4-5-9/h1-3,9H,4-8H2. The van der Waals surface area contributed by atoms with E-state index in [2.05, 4.69) is 21.8 Å². The van der Waals surface area contributed by atoms with Crippen molar-refractivity contribution in [2.24, 2.45) is 5.92 Å². The molecule has 0 amide bonds. The number of aromatic nitrogens is 1. The van der Waals surface area contributed by atoms with Gasteiger partial charge in [0.15, 0.2) is 0 Å². The van der Waals surface area contributed by atoms with Crippen LogP contribution in [0.2, 0.25) is 0 Å². The molecule has 0 spiro atoms. The van der Waals surface area contributed by atoms with E-state index in [-0.39, 0.29) is 0 Å². The Morgan fingerprint density at radius 1 is 1.43 bits per heavy atom. The van der Waals surface area contributed by atoms with Gasteiger partial charge in [-0.05, 0) is 0 Å². The summed E-state index contributed by atoms with van der Waals surface area (Å²) < 4.78 is 6.56. The van der Waals surface area contributed by atoms with Crippen LogP contribution in [0.5, 0.6) is 0 Å². The summed E-state index contributed by atoms with van der Waals surface area (Å²) in [5, 5.41) is 0. The van der Waals surface area contributed by atoms with E-state index in [9.17, 15) is 0 Å². The second-order valence-corrected chi connectivity index (χ2v) is 4.73. The first kappa shape index (κ1) is 10.2. The van der Waals surface area contributed by atoms with Crippen LogP contribution < -0.4 is 4.48 Å². The summed E-state index contributed by atoms with van der Waals surface area (Å²) in [7, 11) is 0. The first-order chi connectivity index (χ1) is 6.84. The van der Waals surface area contributed by atoms with E-state index in [0.29, 0.717) is 6.61 Å². The van der Waals surface area contributed by atoms with Crippen molar-refractivity contribution in [2.45, 2.75) is 25.9 Å². The zero-order valence-corrected chi connectivity index (χ0v) is 10.0. The van der Waals surface area contributed by atoms with Crippen molar-refractivity contribution in [3.63, 3.8) is 0 Å². The molecule has 2 nitrogen and oxygen atoms in total. The maximum atomic E-state index is 5.56. The molecule has 2 rings (SSSR count). The summed E-state index contributed by atoms with van der Waals surface area (Å²) in [6.45, 7) is 1.54. The van der Waals surface area contributed by atoms with Crippen LogP contribution in [0.3, 0.4) is 0 Å². The predicted molar refractivity (Wildman–Crippen MR) is 56.6 cm³/mol. The number of pyridine rings is 1. The van der Waals surface area contributed by atoms with Crippen LogP contribution in [0, 0.1) is 5.92 Å². The first-order valence-corrected chi connectivity index (χ1v) is 6.01. The van der Waals surface area contributed by atoms with Gasteiger partial charge in [-0.15, -0.1) is 0 Å². The Hall–Kier alpha value is -0.332. The molecule has 1 aliphatic rings. The van der Waals surface area contributed by atoms with Gasteiger partial charge in [-0.1, -0.05) is 0 Å². The second kappa shape index (κ2) is 4.95. The number of nitrogens with zero attached hydrogens (tertiary/aromatic N) is 1. The molecule has 0 saturated heterocycles. The van der Waals surface area contributed by atoms with Crippen LogP contribution in [-0.4, -0.2) is 28.4 Å². The Bertz CT molecular complexity index is 299. The zero-order chi connectivity index (χ0) is 9.80. The van der Waals surface area contributed by atoms with E-state index >= 15 is 0 Å². The van der Waals surface area contributed by atoms with Gasteiger partial charge in [0, 0.05) is 0 Å². The fourth-order valence-corrected chi connectivity index (χ4v) is 1.83. The van der Waals surface area contributed by atoms with Crippen LogP contribution in [0.15, 0.2) is 18.2 Å². The Labute approximate surface area is 93.6 Å². The Morgan fingerprint density at radius 3 is 3.00 bits per heavy atom. The van der Waals surface area contributed by atoms with Crippen molar-refractivity contribution in [3.8, 4) is 0 Å². The normalized spacial score (nSPS) is 15.8. The molecule has 0 aromatic carbocycles. The third-order valence-corrected chi connectivity index (χ3v) is 2.93. The van der Waals surface area contributed by atoms with Gasteiger partial charge >= 0.3 is 93.3 Å². The molecule has 1 aromatic heterocycles. The van der Waals surface area contributed by atoms with E-state index in [0.717, 1.165) is 22.7 Å². The third kappa shape index (κ3) is 3.43. The molecule has 1 aromatic rings. The Morgan fingerprint density at radius 2 is 2.29 bits per heavy atom. The molecule has 1 aliphatic carbocycles. The molecule has 74 valence electrons. The summed E-state index contributed by atoms with van der Waals surface area (Å²) in [5.41, 5.74) is 1.03. The zero-order valence-electron chi connectivity index (χ0n) is 8.15. The van der Waals surface area contributed by atoms with E-state index in [1.54, 1.807) is 0 Å². The molecule has 1 fully saturated rings. The van der Waals surface area contributed by atoms with Gasteiger partial charge in [0.25, 0.3) is 0 Å². The van der Waals surface area contributed by atoms with Crippen molar-refractivity contribution >= 4 is 21.3 Å². The van der Waals surface area contributed by atoms with Crippen LogP contribution >= 0.6 is 0 Å². The van der Waals surface area contributed by atoms with Gasteiger partial charge in [0.05, 0.1) is 0 Å². The van der Waals surface area contributed by atoms with Crippen LogP contribution in [0.25, 0.3) is 0 Å². The average Bonchev–Trinajstić information content (AvgIpc) is 2.96. The SMILES string of the molecule is [As]c1cccc(COCCC2CC2)n1. The molecular weight excluding hydrogens is 237 g/mol. The van der Waals surface area contributed by atoms with Gasteiger partial charge in [-0.3, -0.25) is 0 Å². The van der Waals surface area contributed by atoms with Gasteiger partial charge < -0.3 is 0 Å². The molecule has 3 heteroatoms. The minimum absolute atomic E-state index is 0.651. The van der Waals surface area contributed by atoms with E-state index in [1.807, 2.05) is 18.2 Å². The third-order valence-electron chi connectivity index (χ3n) is 2.41. The van der Waals surface area contributed by atoms with E-state index in [4.69, 9.17) is 4.74 Å². The molecule has 0 unspecified atom stereocenters. The minimum atomic E-state index is 0.651. The quantitative estimate of drug-likeness (QED) is 0.579. The Balaban J connectivity index is 1.68. The van der Waals surface area contributed by atoms with Crippen molar-refractivity contribution in [1.29, 1.82) is 0 Å². The van der Waals surface area contributed by atoms with Gasteiger partial charge in [0.2, 0.25) is 0 Å². The van der Waals surface area contributed by atoms with Crippen molar-refractivity contribution < 1.29 is 4.74 Å². The summed E-state index contributed by atoms with van der Waals surface area (Å²) in [5.74, 6) is 0.956. The number of hydrogen-bond donors (Lipinski definition) is 0. The summed E-state index contributed by atoms with van der Waals surface area (Å²) >= 11 is 2.45. The fraction of sp³-hybridized carbons (Fsp3) is 0.545. The van der Waals surface area contributed by atoms with E-state index < -0.39 is 0 Å². The molecule has 0 atom stereocenters. The van der Waals surface area contributed by atoms with Crippen molar-refractivity contribution in [3.05, 3.63) is 23.9 Å². The fourth-order valence-electron chi connectivity index (χ4n) is 1.38. The molecule has 1 heterocycles. The van der Waals surface area contributed by atoms with Crippen LogP contribution in [0.4, 0.5) is 0 Å². The molecule has 0 N–H and O–H groups in total. The van der Waals surface area contributed by atoms with Crippen LogP contribution in [-0.2, 0) is 11.3 Å². The van der Waals surface area contributed by atoms with Crippen molar-refractivity contribution in [2.75, 3.05) is 6.61 Å². The number of hydrogen-bond acceptors (Lipinski definition) is 2. The van der Waals surface area contributed by atoms with Gasteiger partial charge in [-0.2, -0.15) is 0 Å². The second-order valence-electron chi connectivity index (χ2n) is 3.77. The Kier molecular flexibility index (Phi) is 3.60. The summed E-state index contributed by atoms with van der Waals surface area (Å²) in [4.78, 5) is 4.35. The number of rotatable bonds is 5. The summed E-state index contributed by atoms with van der Waals surface area (Å²) in [6.07, 6.45) is 4.04. The van der Waals surface area contributed by atoms with E-state index in [1.165, 1.54) is 19.3 Å². The molecule has 1 saturated carbocycles. The molecule has 0 bridgehead atoms. The number of ether oxygens (including phenoxy) is 1. The monoisotopic (exact) mass is 251 g/mol. The molecule has 2 radical (unpaired) electrons. The molecule has 0 aliphatic heterocycles. The first-order valence-electron chi connectivity index (χ1n) is 5.07. The van der Waals surface area contributed by atoms with Gasteiger partial charge in [0.1, 0.15) is 0 Å². The molecular formula is C11H14AsNO. The maximum absolute atomic E-state index is 5.56. The average molecular weight is 251 g/mol. The summed E-state index contributed by atoms with van der Waals surface area (Å²) in [6, 6.07) is 6.00. The van der Waals surface area contributed by atoms with Crippen LogP contribution in [0.1, 0.15) is 25.0 Å². The van der Waals surface area contributed by atoms with Gasteiger partial charge in [-0.25, -0.2) is 0 Å². The molecule has 14 heavy (non-hydrogen) atoms. The van der Waals surface area contributed by atoms with Crippen molar-refractivity contribution in [1.82, 2.24) is 4.98 Å². The predicted octanol–water partition coefficient (Wildman–Crippen LogP) is 1.19. The topological polar surface area (TPSA) is 22.1 Å².